The summed E-state index contributed by atoms with van der Waals surface area (Å²) in [7, 11) is 0. The van der Waals surface area contributed by atoms with Gasteiger partial charge >= 0.3 is 0 Å². The van der Waals surface area contributed by atoms with Crippen LogP contribution in [0.1, 0.15) is 57.8 Å². The zero-order chi connectivity index (χ0) is 12.0. The van der Waals surface area contributed by atoms with Gasteiger partial charge in [0.05, 0.1) is 12.2 Å². The maximum atomic E-state index is 6.48. The third-order valence-electron chi connectivity index (χ3n) is 6.36. The molecular formula is C17H26O. The predicted molar refractivity (Wildman–Crippen MR) is 73.3 cm³/mol. The van der Waals surface area contributed by atoms with Crippen LogP contribution in [0.25, 0.3) is 0 Å². The zero-order valence-corrected chi connectivity index (χ0v) is 11.4. The minimum Gasteiger partial charge on any atom is -0.370 e. The highest BCUT2D eigenvalue weighted by molar-refractivity contribution is 5.20. The van der Waals surface area contributed by atoms with Crippen molar-refractivity contribution in [1.82, 2.24) is 0 Å². The maximum absolute atomic E-state index is 6.48. The summed E-state index contributed by atoms with van der Waals surface area (Å²) in [6.07, 6.45) is 17.8. The first-order valence-corrected chi connectivity index (χ1v) is 8.23. The lowest BCUT2D eigenvalue weighted by molar-refractivity contribution is -0.0863. The quantitative estimate of drug-likeness (QED) is 0.578. The molecule has 1 spiro atoms. The summed E-state index contributed by atoms with van der Waals surface area (Å²) < 4.78 is 6.48. The van der Waals surface area contributed by atoms with E-state index in [1.165, 1.54) is 51.4 Å². The Morgan fingerprint density at radius 3 is 2.00 bits per heavy atom. The molecule has 4 atom stereocenters. The van der Waals surface area contributed by atoms with E-state index in [1.807, 2.05) is 0 Å². The first-order valence-electron chi connectivity index (χ1n) is 8.23. The smallest absolute Gasteiger partial charge is 0.0924 e. The van der Waals surface area contributed by atoms with Crippen molar-refractivity contribution in [2.45, 2.75) is 63.4 Å². The molecule has 18 heavy (non-hydrogen) atoms. The molecule has 0 aromatic carbocycles. The highest BCUT2D eigenvalue weighted by Crippen LogP contribution is 2.61. The second kappa shape index (κ2) is 4.37. The molecule has 1 aliphatic heterocycles. The first kappa shape index (κ1) is 11.5. The topological polar surface area (TPSA) is 9.23 Å². The van der Waals surface area contributed by atoms with Gasteiger partial charge in [0, 0.05) is 0 Å². The largest absolute Gasteiger partial charge is 0.370 e. The van der Waals surface area contributed by atoms with Crippen LogP contribution in [0.5, 0.6) is 0 Å². The van der Waals surface area contributed by atoms with Crippen LogP contribution in [0.2, 0.25) is 0 Å². The van der Waals surface area contributed by atoms with Crippen molar-refractivity contribution < 1.29 is 4.74 Å². The summed E-state index contributed by atoms with van der Waals surface area (Å²) in [5.41, 5.74) is 0.175. The van der Waals surface area contributed by atoms with Gasteiger partial charge in [-0.1, -0.05) is 37.8 Å². The zero-order valence-electron chi connectivity index (χ0n) is 11.4. The summed E-state index contributed by atoms with van der Waals surface area (Å²) in [5.74, 6) is 3.70. The summed E-state index contributed by atoms with van der Waals surface area (Å²) in [6.45, 7) is 0.975. The van der Waals surface area contributed by atoms with Gasteiger partial charge in [0.15, 0.2) is 0 Å². The lowest BCUT2D eigenvalue weighted by Gasteiger charge is -2.43. The van der Waals surface area contributed by atoms with E-state index < -0.39 is 0 Å². The van der Waals surface area contributed by atoms with Crippen molar-refractivity contribution in [2.24, 2.45) is 23.7 Å². The SMILES string of the molecule is C1=CC2(OCC1)C1CCCCC1C1CCCCC12. The molecule has 1 heterocycles. The molecule has 0 aromatic rings. The minimum absolute atomic E-state index is 0.175. The Kier molecular flexibility index (Phi) is 2.80. The van der Waals surface area contributed by atoms with Gasteiger partial charge in [-0.15, -0.1) is 0 Å². The van der Waals surface area contributed by atoms with Crippen molar-refractivity contribution in [3.63, 3.8) is 0 Å². The number of ether oxygens (including phenoxy) is 1. The van der Waals surface area contributed by atoms with Gasteiger partial charge in [-0.05, 0) is 55.8 Å². The molecule has 4 unspecified atom stereocenters. The summed E-state index contributed by atoms with van der Waals surface area (Å²) in [5, 5.41) is 0. The van der Waals surface area contributed by atoms with Crippen LogP contribution in [0.3, 0.4) is 0 Å². The van der Waals surface area contributed by atoms with Gasteiger partial charge in [-0.25, -0.2) is 0 Å². The first-order chi connectivity index (χ1) is 8.92. The molecule has 1 heteroatoms. The van der Waals surface area contributed by atoms with E-state index in [1.54, 1.807) is 0 Å². The van der Waals surface area contributed by atoms with Crippen molar-refractivity contribution in [2.75, 3.05) is 6.61 Å². The van der Waals surface area contributed by atoms with Gasteiger partial charge in [-0.2, -0.15) is 0 Å². The summed E-state index contributed by atoms with van der Waals surface area (Å²) >= 11 is 0. The van der Waals surface area contributed by atoms with Crippen molar-refractivity contribution in [3.05, 3.63) is 12.2 Å². The number of fused-ring (bicyclic) bond motifs is 5. The second-order valence-electron chi connectivity index (χ2n) is 7.00. The van der Waals surface area contributed by atoms with Gasteiger partial charge in [0.1, 0.15) is 0 Å². The van der Waals surface area contributed by atoms with E-state index in [-0.39, 0.29) is 5.60 Å². The lowest BCUT2D eigenvalue weighted by atomic mass is 9.73. The van der Waals surface area contributed by atoms with Gasteiger partial charge in [-0.3, -0.25) is 0 Å². The number of hydrogen-bond acceptors (Lipinski definition) is 1. The molecule has 0 N–H and O–H groups in total. The second-order valence-corrected chi connectivity index (χ2v) is 7.00. The Balaban J connectivity index is 1.74. The monoisotopic (exact) mass is 246 g/mol. The van der Waals surface area contributed by atoms with E-state index in [9.17, 15) is 0 Å². The average molecular weight is 246 g/mol. The molecule has 0 amide bonds. The fourth-order valence-electron chi connectivity index (χ4n) is 5.82. The molecule has 1 nitrogen and oxygen atoms in total. The fraction of sp³-hybridized carbons (Fsp3) is 0.882. The van der Waals surface area contributed by atoms with Crippen LogP contribution in [0.15, 0.2) is 12.2 Å². The molecule has 0 saturated heterocycles. The van der Waals surface area contributed by atoms with E-state index in [2.05, 4.69) is 12.2 Å². The van der Waals surface area contributed by atoms with E-state index in [4.69, 9.17) is 4.74 Å². The summed E-state index contributed by atoms with van der Waals surface area (Å²) in [4.78, 5) is 0. The molecule has 4 aliphatic rings. The van der Waals surface area contributed by atoms with Crippen molar-refractivity contribution >= 4 is 0 Å². The Morgan fingerprint density at radius 2 is 1.44 bits per heavy atom. The number of hydrogen-bond donors (Lipinski definition) is 0. The predicted octanol–water partition coefficient (Wildman–Crippen LogP) is 4.33. The maximum Gasteiger partial charge on any atom is 0.0924 e. The van der Waals surface area contributed by atoms with Gasteiger partial charge in [0.25, 0.3) is 0 Å². The normalized spacial score (nSPS) is 51.1. The Labute approximate surface area is 111 Å². The minimum atomic E-state index is 0.175. The van der Waals surface area contributed by atoms with E-state index >= 15 is 0 Å². The van der Waals surface area contributed by atoms with Crippen LogP contribution >= 0.6 is 0 Å². The van der Waals surface area contributed by atoms with Gasteiger partial charge in [0.2, 0.25) is 0 Å². The molecule has 100 valence electrons. The van der Waals surface area contributed by atoms with E-state index in [0.29, 0.717) is 0 Å². The van der Waals surface area contributed by atoms with E-state index in [0.717, 1.165) is 36.7 Å². The Hall–Kier alpha value is -0.300. The third-order valence-corrected chi connectivity index (χ3v) is 6.36. The Bertz CT molecular complexity index is 324. The molecule has 3 aliphatic carbocycles. The van der Waals surface area contributed by atoms with Crippen LogP contribution < -0.4 is 0 Å². The van der Waals surface area contributed by atoms with Crippen molar-refractivity contribution in [3.8, 4) is 0 Å². The van der Waals surface area contributed by atoms with Crippen molar-refractivity contribution in [1.29, 1.82) is 0 Å². The van der Waals surface area contributed by atoms with Crippen LogP contribution in [0, 0.1) is 23.7 Å². The highest BCUT2D eigenvalue weighted by Gasteiger charge is 2.60. The molecule has 0 aromatic heterocycles. The fourth-order valence-corrected chi connectivity index (χ4v) is 5.82. The van der Waals surface area contributed by atoms with Crippen LogP contribution in [-0.2, 0) is 4.74 Å². The molecule has 0 radical (unpaired) electrons. The lowest BCUT2D eigenvalue weighted by Crippen LogP contribution is -2.45. The number of rotatable bonds is 0. The standard InChI is InChI=1S/C17H26O/c1-3-9-15-13(7-1)14-8-2-4-10-16(14)17(15)11-5-6-12-18-17/h5,11,13-16H,1-4,6-10,12H2. The molecular weight excluding hydrogens is 220 g/mol. The van der Waals surface area contributed by atoms with Gasteiger partial charge < -0.3 is 4.74 Å². The molecule has 3 fully saturated rings. The third kappa shape index (κ3) is 1.49. The highest BCUT2D eigenvalue weighted by atomic mass is 16.5. The Morgan fingerprint density at radius 1 is 0.833 bits per heavy atom. The molecule has 0 bridgehead atoms. The molecule has 3 saturated carbocycles. The summed E-state index contributed by atoms with van der Waals surface area (Å²) in [6, 6.07) is 0. The van der Waals surface area contributed by atoms with Crippen LogP contribution in [0.4, 0.5) is 0 Å². The average Bonchev–Trinajstić information content (AvgIpc) is 2.72. The van der Waals surface area contributed by atoms with Crippen LogP contribution in [-0.4, -0.2) is 12.2 Å². The molecule has 4 rings (SSSR count).